The maximum atomic E-state index is 13.2. The first kappa shape index (κ1) is 22.2. The van der Waals surface area contributed by atoms with Gasteiger partial charge in [0.05, 0.1) is 29.3 Å². The molecule has 0 aliphatic rings. The van der Waals surface area contributed by atoms with Gasteiger partial charge in [-0.3, -0.25) is 14.2 Å². The molecule has 1 atom stereocenters. The molecule has 0 aliphatic heterocycles. The molecule has 0 fully saturated rings. The van der Waals surface area contributed by atoms with Gasteiger partial charge in [-0.1, -0.05) is 30.0 Å². The fourth-order valence-corrected chi connectivity index (χ4v) is 4.74. The van der Waals surface area contributed by atoms with Gasteiger partial charge >= 0.3 is 0 Å². The molecular formula is C24H28N2O3S. The highest BCUT2D eigenvalue weighted by Crippen LogP contribution is 2.26. The third kappa shape index (κ3) is 4.20. The number of rotatable bonds is 7. The zero-order valence-electron chi connectivity index (χ0n) is 18.4. The second-order valence-electron chi connectivity index (χ2n) is 7.74. The molecule has 3 aromatic rings. The van der Waals surface area contributed by atoms with E-state index in [0.717, 1.165) is 27.8 Å². The molecule has 1 heterocycles. The van der Waals surface area contributed by atoms with Crippen LogP contribution in [-0.4, -0.2) is 34.8 Å². The van der Waals surface area contributed by atoms with E-state index in [9.17, 15) is 9.59 Å². The van der Waals surface area contributed by atoms with Crippen LogP contribution in [0.3, 0.4) is 0 Å². The van der Waals surface area contributed by atoms with Gasteiger partial charge in [-0.2, -0.15) is 0 Å². The lowest BCUT2D eigenvalue weighted by Gasteiger charge is -2.19. The molecule has 0 aliphatic carbocycles. The molecule has 0 N–H and O–H groups in total. The van der Waals surface area contributed by atoms with E-state index in [1.54, 1.807) is 17.7 Å². The number of fused-ring (bicyclic) bond motifs is 1. The Kier molecular flexibility index (Phi) is 6.78. The number of methoxy groups -OCH3 is 1. The number of ether oxygens (including phenoxy) is 1. The maximum Gasteiger partial charge on any atom is 0.262 e. The minimum atomic E-state index is -0.193. The lowest BCUT2D eigenvalue weighted by Crippen LogP contribution is -2.28. The van der Waals surface area contributed by atoms with Crippen molar-refractivity contribution >= 4 is 28.4 Å². The number of para-hydroxylation sites is 1. The van der Waals surface area contributed by atoms with Crippen LogP contribution in [0.25, 0.3) is 10.9 Å². The summed E-state index contributed by atoms with van der Waals surface area (Å²) in [6.07, 6.45) is 0. The molecule has 2 aromatic carbocycles. The molecule has 0 saturated heterocycles. The van der Waals surface area contributed by atoms with Crippen molar-refractivity contribution in [3.8, 4) is 0 Å². The van der Waals surface area contributed by atoms with Crippen molar-refractivity contribution in [1.82, 2.24) is 9.55 Å². The Bertz CT molecular complexity index is 1140. The van der Waals surface area contributed by atoms with E-state index in [2.05, 4.69) is 6.07 Å². The average molecular weight is 425 g/mol. The topological polar surface area (TPSA) is 61.2 Å². The number of nitrogens with zero attached hydrogens (tertiary/aromatic N) is 2. The number of hydrogen-bond acceptors (Lipinski definition) is 5. The maximum absolute atomic E-state index is 13.2. The number of hydrogen-bond donors (Lipinski definition) is 0. The van der Waals surface area contributed by atoms with Crippen LogP contribution in [0.2, 0.25) is 0 Å². The number of aromatic nitrogens is 2. The van der Waals surface area contributed by atoms with Crippen molar-refractivity contribution in [2.24, 2.45) is 0 Å². The van der Waals surface area contributed by atoms with Gasteiger partial charge in [0, 0.05) is 12.7 Å². The zero-order chi connectivity index (χ0) is 22.0. The molecule has 3 rings (SSSR count). The Hall–Kier alpha value is -2.44. The van der Waals surface area contributed by atoms with Gasteiger partial charge in [-0.05, 0) is 69.0 Å². The minimum Gasteiger partial charge on any atom is -0.383 e. The van der Waals surface area contributed by atoms with E-state index in [4.69, 9.17) is 9.72 Å². The quantitative estimate of drug-likeness (QED) is 0.309. The molecule has 0 saturated carbocycles. The van der Waals surface area contributed by atoms with Crippen LogP contribution in [0.1, 0.15) is 45.6 Å². The van der Waals surface area contributed by atoms with Gasteiger partial charge in [0.15, 0.2) is 10.9 Å². The van der Waals surface area contributed by atoms with Gasteiger partial charge in [-0.25, -0.2) is 4.98 Å². The molecule has 6 heteroatoms. The van der Waals surface area contributed by atoms with E-state index < -0.39 is 0 Å². The van der Waals surface area contributed by atoms with Gasteiger partial charge in [0.25, 0.3) is 5.56 Å². The highest BCUT2D eigenvalue weighted by molar-refractivity contribution is 7.99. The van der Waals surface area contributed by atoms with E-state index in [1.165, 1.54) is 11.8 Å². The first-order valence-electron chi connectivity index (χ1n) is 9.99. The Morgan fingerprint density at radius 1 is 1.13 bits per heavy atom. The minimum absolute atomic E-state index is 0.0511. The Morgan fingerprint density at radius 2 is 1.77 bits per heavy atom. The third-order valence-electron chi connectivity index (χ3n) is 5.60. The van der Waals surface area contributed by atoms with Crippen LogP contribution in [-0.2, 0) is 4.74 Å². The summed E-state index contributed by atoms with van der Waals surface area (Å²) in [5, 5.41) is 1.11. The lowest BCUT2D eigenvalue weighted by atomic mass is 9.92. The monoisotopic (exact) mass is 424 g/mol. The summed E-state index contributed by atoms with van der Waals surface area (Å²) < 4.78 is 6.91. The smallest absolute Gasteiger partial charge is 0.262 e. The number of thioether (sulfide) groups is 1. The molecule has 5 nitrogen and oxygen atoms in total. The highest BCUT2D eigenvalue weighted by atomic mass is 32.2. The number of Topliss-reactive ketones (excluding diaryl/α,β-unsaturated/α-hetero) is 1. The van der Waals surface area contributed by atoms with Gasteiger partial charge in [0.1, 0.15) is 0 Å². The molecule has 30 heavy (non-hydrogen) atoms. The Morgan fingerprint density at radius 3 is 2.40 bits per heavy atom. The summed E-state index contributed by atoms with van der Waals surface area (Å²) in [6.45, 7) is 10.3. The highest BCUT2D eigenvalue weighted by Gasteiger charge is 2.20. The van der Waals surface area contributed by atoms with Gasteiger partial charge in [-0.15, -0.1) is 0 Å². The number of aryl methyl sites for hydroxylation is 2. The molecule has 1 unspecified atom stereocenters. The summed E-state index contributed by atoms with van der Waals surface area (Å²) in [6, 6.07) is 9.22. The summed E-state index contributed by atoms with van der Waals surface area (Å²) in [4.78, 5) is 31.0. The fourth-order valence-electron chi connectivity index (χ4n) is 3.77. The second-order valence-corrected chi connectivity index (χ2v) is 8.68. The normalized spacial score (nSPS) is 12.3. The predicted molar refractivity (Wildman–Crippen MR) is 123 cm³/mol. The van der Waals surface area contributed by atoms with E-state index in [0.29, 0.717) is 22.7 Å². The van der Waals surface area contributed by atoms with Gasteiger partial charge < -0.3 is 4.74 Å². The molecule has 0 amide bonds. The summed E-state index contributed by atoms with van der Waals surface area (Å²) in [5.41, 5.74) is 5.55. The predicted octanol–water partition coefficient (Wildman–Crippen LogP) is 4.81. The molecule has 158 valence electrons. The SMILES string of the molecule is COCC(C)n1c(SCC(=O)c2c(C)c(C)cc(C)c2C)nc2ccccc2c1=O. The second kappa shape index (κ2) is 9.14. The van der Waals surface area contributed by atoms with Crippen molar-refractivity contribution in [1.29, 1.82) is 0 Å². The third-order valence-corrected chi connectivity index (χ3v) is 6.55. The molecule has 0 bridgehead atoms. The molecule has 0 spiro atoms. The number of ketones is 1. The number of benzene rings is 2. The first-order chi connectivity index (χ1) is 14.3. The Balaban J connectivity index is 2.01. The summed E-state index contributed by atoms with van der Waals surface area (Å²) >= 11 is 1.31. The van der Waals surface area contributed by atoms with Crippen LogP contribution in [0.4, 0.5) is 0 Å². The van der Waals surface area contributed by atoms with Crippen molar-refractivity contribution in [3.05, 3.63) is 68.5 Å². The van der Waals surface area contributed by atoms with Crippen LogP contribution in [0.15, 0.2) is 40.3 Å². The lowest BCUT2D eigenvalue weighted by molar-refractivity contribution is 0.102. The van der Waals surface area contributed by atoms with Crippen LogP contribution >= 0.6 is 11.8 Å². The van der Waals surface area contributed by atoms with E-state index in [-0.39, 0.29) is 23.1 Å². The van der Waals surface area contributed by atoms with E-state index >= 15 is 0 Å². The van der Waals surface area contributed by atoms with Crippen LogP contribution in [0, 0.1) is 27.7 Å². The summed E-state index contributed by atoms with van der Waals surface area (Å²) in [5.74, 6) is 0.268. The van der Waals surface area contributed by atoms with Crippen molar-refractivity contribution in [2.75, 3.05) is 19.5 Å². The van der Waals surface area contributed by atoms with E-state index in [1.807, 2.05) is 52.8 Å². The summed E-state index contributed by atoms with van der Waals surface area (Å²) in [7, 11) is 1.61. The van der Waals surface area contributed by atoms with Gasteiger partial charge in [0.2, 0.25) is 0 Å². The first-order valence-corrected chi connectivity index (χ1v) is 11.0. The van der Waals surface area contributed by atoms with Crippen LogP contribution < -0.4 is 5.56 Å². The number of carbonyl (C=O) groups excluding carboxylic acids is 1. The Labute approximate surface area is 181 Å². The standard InChI is InChI=1S/C24H28N2O3S/c1-14-11-15(2)18(5)22(17(14)4)21(27)13-30-24-25-20-10-8-7-9-19(20)23(28)26(24)16(3)12-29-6/h7-11,16H,12-13H2,1-6H3. The van der Waals surface area contributed by atoms with Crippen LogP contribution in [0.5, 0.6) is 0 Å². The molecule has 0 radical (unpaired) electrons. The largest absolute Gasteiger partial charge is 0.383 e. The zero-order valence-corrected chi connectivity index (χ0v) is 19.2. The number of carbonyl (C=O) groups is 1. The van der Waals surface area contributed by atoms with Crippen molar-refractivity contribution in [2.45, 2.75) is 45.8 Å². The molecule has 1 aromatic heterocycles. The van der Waals surface area contributed by atoms with Crippen molar-refractivity contribution in [3.63, 3.8) is 0 Å². The average Bonchev–Trinajstić information content (AvgIpc) is 2.71. The fraction of sp³-hybridized carbons (Fsp3) is 0.375. The molecular weight excluding hydrogens is 396 g/mol. The van der Waals surface area contributed by atoms with Crippen molar-refractivity contribution < 1.29 is 9.53 Å².